The van der Waals surface area contributed by atoms with Crippen molar-refractivity contribution >= 4 is 10.8 Å². The van der Waals surface area contributed by atoms with Crippen LogP contribution >= 0.6 is 0 Å². The molecular formula is C16H17N. The highest BCUT2D eigenvalue weighted by atomic mass is 14.5. The van der Waals surface area contributed by atoms with Crippen LogP contribution in [-0.4, -0.2) is 0 Å². The molecule has 0 aliphatic heterocycles. The van der Waals surface area contributed by atoms with Crippen LogP contribution < -0.4 is 5.73 Å². The normalized spacial score (nSPS) is 10.0. The predicted molar refractivity (Wildman–Crippen MR) is 74.2 cm³/mol. The third-order valence-corrected chi connectivity index (χ3v) is 2.89. The summed E-state index contributed by atoms with van der Waals surface area (Å²) in [6.45, 7) is 2.68. The van der Waals surface area contributed by atoms with Gasteiger partial charge in [0, 0.05) is 6.54 Å². The van der Waals surface area contributed by atoms with Crippen LogP contribution in [0.1, 0.15) is 11.1 Å². The maximum Gasteiger partial charge on any atom is 0.0184 e. The Kier molecular flexibility index (Phi) is 3.73. The van der Waals surface area contributed by atoms with Crippen LogP contribution in [0.2, 0.25) is 0 Å². The van der Waals surface area contributed by atoms with Crippen LogP contribution in [-0.2, 0) is 6.54 Å². The quantitative estimate of drug-likeness (QED) is 0.783. The van der Waals surface area contributed by atoms with Gasteiger partial charge in [0.2, 0.25) is 0 Å². The van der Waals surface area contributed by atoms with Gasteiger partial charge < -0.3 is 5.73 Å². The molecular weight excluding hydrogens is 206 g/mol. The Bertz CT molecular complexity index is 571. The van der Waals surface area contributed by atoms with Gasteiger partial charge in [-0.05, 0) is 28.8 Å². The van der Waals surface area contributed by atoms with E-state index in [2.05, 4.69) is 49.4 Å². The molecule has 0 unspecified atom stereocenters. The van der Waals surface area contributed by atoms with E-state index in [-0.39, 0.29) is 0 Å². The molecule has 0 radical (unpaired) electrons. The Hall–Kier alpha value is -1.86. The summed E-state index contributed by atoms with van der Waals surface area (Å²) < 4.78 is 0. The van der Waals surface area contributed by atoms with Gasteiger partial charge in [0.15, 0.2) is 0 Å². The second kappa shape index (κ2) is 5.46. The second-order valence-electron chi connectivity index (χ2n) is 4.06. The number of hydrogen-bond acceptors (Lipinski definition) is 1. The minimum Gasteiger partial charge on any atom is -0.326 e. The first-order chi connectivity index (χ1) is 8.33. The van der Waals surface area contributed by atoms with Crippen molar-refractivity contribution in [1.82, 2.24) is 0 Å². The van der Waals surface area contributed by atoms with Gasteiger partial charge in [-0.25, -0.2) is 0 Å². The van der Waals surface area contributed by atoms with Gasteiger partial charge in [-0.2, -0.15) is 0 Å². The third kappa shape index (κ3) is 2.63. The van der Waals surface area contributed by atoms with Crippen LogP contribution in [0.3, 0.4) is 0 Å². The lowest BCUT2D eigenvalue weighted by Crippen LogP contribution is -1.95. The average Bonchev–Trinajstić information content (AvgIpc) is 2.38. The fourth-order valence-corrected chi connectivity index (χ4v) is 1.96. The number of aryl methyl sites for hydroxylation is 1. The van der Waals surface area contributed by atoms with Crippen molar-refractivity contribution in [2.75, 3.05) is 0 Å². The predicted octanol–water partition coefficient (Wildman–Crippen LogP) is 3.73. The Morgan fingerprint density at radius 3 is 2.06 bits per heavy atom. The molecule has 0 spiro atoms. The molecule has 0 aromatic heterocycles. The summed E-state index contributed by atoms with van der Waals surface area (Å²) >= 11 is 0. The molecule has 0 saturated heterocycles. The summed E-state index contributed by atoms with van der Waals surface area (Å²) in [5.74, 6) is 0. The zero-order valence-electron chi connectivity index (χ0n) is 10.1. The van der Waals surface area contributed by atoms with E-state index in [1.54, 1.807) is 0 Å². The molecule has 0 aliphatic carbocycles. The monoisotopic (exact) mass is 223 g/mol. The van der Waals surface area contributed by atoms with E-state index in [4.69, 9.17) is 5.73 Å². The molecule has 2 N–H and O–H groups in total. The molecule has 1 heteroatoms. The fraction of sp³-hybridized carbons (Fsp3) is 0.125. The van der Waals surface area contributed by atoms with E-state index in [1.807, 2.05) is 18.2 Å². The van der Waals surface area contributed by atoms with Crippen molar-refractivity contribution in [2.45, 2.75) is 13.5 Å². The first kappa shape index (κ1) is 11.6. The Morgan fingerprint density at radius 1 is 0.765 bits per heavy atom. The van der Waals surface area contributed by atoms with Gasteiger partial charge in [0.1, 0.15) is 0 Å². The zero-order chi connectivity index (χ0) is 12.1. The van der Waals surface area contributed by atoms with Crippen LogP contribution in [0.15, 0.2) is 60.7 Å². The van der Waals surface area contributed by atoms with Gasteiger partial charge in [-0.15, -0.1) is 0 Å². The fourth-order valence-electron chi connectivity index (χ4n) is 1.96. The largest absolute Gasteiger partial charge is 0.326 e. The molecule has 0 atom stereocenters. The van der Waals surface area contributed by atoms with Crippen molar-refractivity contribution in [2.24, 2.45) is 5.73 Å². The van der Waals surface area contributed by atoms with Crippen LogP contribution in [0, 0.1) is 6.92 Å². The lowest BCUT2D eigenvalue weighted by Gasteiger charge is -2.02. The maximum absolute atomic E-state index is 5.83. The Balaban J connectivity index is 2.93. The summed E-state index contributed by atoms with van der Waals surface area (Å²) in [5, 5.41) is 2.48. The van der Waals surface area contributed by atoms with E-state index >= 15 is 0 Å². The minimum atomic E-state index is 0.554. The number of benzene rings is 1. The summed E-state index contributed by atoms with van der Waals surface area (Å²) in [4.78, 5) is 0. The molecule has 2 rings (SSSR count). The van der Waals surface area contributed by atoms with Crippen molar-refractivity contribution in [3.8, 4) is 0 Å². The van der Waals surface area contributed by atoms with Gasteiger partial charge in [-0.3, -0.25) is 0 Å². The zero-order valence-corrected chi connectivity index (χ0v) is 10.1. The number of fused-ring (bicyclic) bond motifs is 1. The molecule has 0 bridgehead atoms. The highest BCUT2D eigenvalue weighted by Crippen LogP contribution is 2.18. The molecule has 0 heterocycles. The summed E-state index contributed by atoms with van der Waals surface area (Å²) in [6.07, 6.45) is 0. The lowest BCUT2D eigenvalue weighted by molar-refractivity contribution is 1.09. The highest BCUT2D eigenvalue weighted by Gasteiger charge is 1.96. The molecule has 0 amide bonds. The molecule has 0 saturated carbocycles. The first-order valence-electron chi connectivity index (χ1n) is 5.83. The molecule has 1 nitrogen and oxygen atoms in total. The third-order valence-electron chi connectivity index (χ3n) is 2.89. The number of hydrogen-bond donors (Lipinski definition) is 1. The Morgan fingerprint density at radius 2 is 1.35 bits per heavy atom. The van der Waals surface area contributed by atoms with Crippen molar-refractivity contribution in [3.05, 3.63) is 71.8 Å². The van der Waals surface area contributed by atoms with E-state index in [1.165, 1.54) is 21.9 Å². The Labute approximate surface area is 102 Å². The smallest absolute Gasteiger partial charge is 0.0184 e. The van der Waals surface area contributed by atoms with Gasteiger partial charge in [0.05, 0.1) is 0 Å². The van der Waals surface area contributed by atoms with Crippen molar-refractivity contribution in [1.29, 1.82) is 0 Å². The van der Waals surface area contributed by atoms with Gasteiger partial charge in [0.25, 0.3) is 0 Å². The van der Waals surface area contributed by atoms with Crippen molar-refractivity contribution < 1.29 is 0 Å². The molecule has 0 fully saturated rings. The molecule has 0 aliphatic rings. The van der Waals surface area contributed by atoms with Crippen molar-refractivity contribution in [3.63, 3.8) is 0 Å². The topological polar surface area (TPSA) is 26.0 Å². The van der Waals surface area contributed by atoms with Gasteiger partial charge in [-0.1, -0.05) is 60.7 Å². The summed E-state index contributed by atoms with van der Waals surface area (Å²) in [6, 6.07) is 20.7. The summed E-state index contributed by atoms with van der Waals surface area (Å²) in [7, 11) is 0. The van der Waals surface area contributed by atoms with Crippen LogP contribution in [0.25, 0.3) is 10.8 Å². The van der Waals surface area contributed by atoms with E-state index in [0.29, 0.717) is 6.54 Å². The number of rotatable bonds is 1. The SMILES string of the molecule is Cc1ccccccc(CN)c2ccccc12. The number of nitrogens with two attached hydrogens (primary N) is 1. The lowest BCUT2D eigenvalue weighted by atomic mass is 10.0. The first-order valence-corrected chi connectivity index (χ1v) is 5.83. The average molecular weight is 223 g/mol. The standard InChI is InChI=1S/C16H17N/c1-13-8-4-2-3-5-9-14(12-17)16-11-7-6-10-15(13)16/h2-11H,12,17H2,1H3. The molecule has 17 heavy (non-hydrogen) atoms. The van der Waals surface area contributed by atoms with Gasteiger partial charge >= 0.3 is 0 Å². The van der Waals surface area contributed by atoms with E-state index in [0.717, 1.165) is 0 Å². The summed E-state index contributed by atoms with van der Waals surface area (Å²) in [5.41, 5.74) is 8.26. The maximum atomic E-state index is 5.83. The minimum absolute atomic E-state index is 0.554. The van der Waals surface area contributed by atoms with E-state index < -0.39 is 0 Å². The van der Waals surface area contributed by atoms with Crippen LogP contribution in [0.4, 0.5) is 0 Å². The highest BCUT2D eigenvalue weighted by molar-refractivity contribution is 5.87. The second-order valence-corrected chi connectivity index (χ2v) is 4.06. The molecule has 2 aromatic carbocycles. The molecule has 86 valence electrons. The van der Waals surface area contributed by atoms with E-state index in [9.17, 15) is 0 Å². The molecule has 2 aromatic rings. The van der Waals surface area contributed by atoms with Crippen LogP contribution in [0.5, 0.6) is 0 Å².